The van der Waals surface area contributed by atoms with Crippen LogP contribution in [0.1, 0.15) is 11.1 Å². The molecule has 0 heterocycles. The summed E-state index contributed by atoms with van der Waals surface area (Å²) in [5.41, 5.74) is 12.7. The molecule has 0 saturated carbocycles. The predicted octanol–water partition coefficient (Wildman–Crippen LogP) is 5.80. The Labute approximate surface area is 177 Å². The SMILES string of the molecule is CN=C(N=C(N)c1ccc(-c2ccccc2)cc1)c1ccc(-c2ccccc2)cc1. The van der Waals surface area contributed by atoms with Gasteiger partial charge in [-0.2, -0.15) is 0 Å². The average Bonchev–Trinajstić information content (AvgIpc) is 2.84. The van der Waals surface area contributed by atoms with Gasteiger partial charge < -0.3 is 5.73 Å². The fourth-order valence-corrected chi connectivity index (χ4v) is 3.33. The van der Waals surface area contributed by atoms with Crippen molar-refractivity contribution in [2.75, 3.05) is 7.05 Å². The normalized spacial score (nSPS) is 12.0. The topological polar surface area (TPSA) is 50.7 Å². The lowest BCUT2D eigenvalue weighted by Gasteiger charge is -2.07. The van der Waals surface area contributed by atoms with E-state index < -0.39 is 0 Å². The summed E-state index contributed by atoms with van der Waals surface area (Å²) in [6.07, 6.45) is 0. The zero-order chi connectivity index (χ0) is 20.8. The molecule has 146 valence electrons. The lowest BCUT2D eigenvalue weighted by Crippen LogP contribution is -2.16. The molecule has 0 unspecified atom stereocenters. The van der Waals surface area contributed by atoms with E-state index in [0.29, 0.717) is 11.7 Å². The van der Waals surface area contributed by atoms with Crippen molar-refractivity contribution >= 4 is 11.7 Å². The van der Waals surface area contributed by atoms with Crippen LogP contribution >= 0.6 is 0 Å². The summed E-state index contributed by atoms with van der Waals surface area (Å²) in [5, 5.41) is 0. The van der Waals surface area contributed by atoms with Gasteiger partial charge in [0.2, 0.25) is 0 Å². The van der Waals surface area contributed by atoms with Gasteiger partial charge >= 0.3 is 0 Å². The van der Waals surface area contributed by atoms with Gasteiger partial charge in [0.25, 0.3) is 0 Å². The highest BCUT2D eigenvalue weighted by Crippen LogP contribution is 2.21. The lowest BCUT2D eigenvalue weighted by atomic mass is 10.0. The number of nitrogens with zero attached hydrogens (tertiary/aromatic N) is 2. The molecule has 4 aromatic carbocycles. The Morgan fingerprint density at radius 2 is 0.933 bits per heavy atom. The average molecular weight is 390 g/mol. The number of nitrogens with two attached hydrogens (primary N) is 1. The first-order chi connectivity index (χ1) is 14.7. The number of hydrogen-bond donors (Lipinski definition) is 1. The number of benzene rings is 4. The van der Waals surface area contributed by atoms with Gasteiger partial charge in [-0.15, -0.1) is 0 Å². The van der Waals surface area contributed by atoms with E-state index in [1.54, 1.807) is 7.05 Å². The lowest BCUT2D eigenvalue weighted by molar-refractivity contribution is 1.37. The minimum Gasteiger partial charge on any atom is -0.383 e. The predicted molar refractivity (Wildman–Crippen MR) is 127 cm³/mol. The van der Waals surface area contributed by atoms with Crippen LogP contribution in [0.25, 0.3) is 22.3 Å². The zero-order valence-corrected chi connectivity index (χ0v) is 16.9. The zero-order valence-electron chi connectivity index (χ0n) is 16.9. The van der Waals surface area contributed by atoms with Crippen LogP contribution in [-0.2, 0) is 0 Å². The molecule has 0 aromatic heterocycles. The Bertz CT molecular complexity index is 1160. The molecule has 0 aliphatic rings. The van der Waals surface area contributed by atoms with E-state index in [-0.39, 0.29) is 0 Å². The van der Waals surface area contributed by atoms with Crippen LogP contribution in [-0.4, -0.2) is 18.7 Å². The van der Waals surface area contributed by atoms with Gasteiger partial charge in [-0.25, -0.2) is 4.99 Å². The van der Waals surface area contributed by atoms with Gasteiger partial charge in [0, 0.05) is 18.2 Å². The number of rotatable bonds is 4. The monoisotopic (exact) mass is 389 g/mol. The summed E-state index contributed by atoms with van der Waals surface area (Å²) < 4.78 is 0. The van der Waals surface area contributed by atoms with Crippen LogP contribution in [0.3, 0.4) is 0 Å². The smallest absolute Gasteiger partial charge is 0.156 e. The highest BCUT2D eigenvalue weighted by Gasteiger charge is 2.06. The second-order valence-electron chi connectivity index (χ2n) is 6.93. The molecular formula is C27H23N3. The van der Waals surface area contributed by atoms with Crippen LogP contribution in [0.2, 0.25) is 0 Å². The van der Waals surface area contributed by atoms with Crippen molar-refractivity contribution in [1.82, 2.24) is 0 Å². The molecule has 0 amide bonds. The molecule has 3 nitrogen and oxygen atoms in total. The first-order valence-corrected chi connectivity index (χ1v) is 9.87. The summed E-state index contributed by atoms with van der Waals surface area (Å²) >= 11 is 0. The molecule has 4 aromatic rings. The molecular weight excluding hydrogens is 366 g/mol. The van der Waals surface area contributed by atoms with E-state index in [4.69, 9.17) is 5.73 Å². The summed E-state index contributed by atoms with van der Waals surface area (Å²) in [4.78, 5) is 8.93. The van der Waals surface area contributed by atoms with E-state index in [0.717, 1.165) is 22.3 Å². The molecule has 0 aliphatic heterocycles. The highest BCUT2D eigenvalue weighted by atomic mass is 14.9. The van der Waals surface area contributed by atoms with E-state index in [2.05, 4.69) is 58.5 Å². The Balaban J connectivity index is 1.55. The van der Waals surface area contributed by atoms with Crippen LogP contribution in [0.5, 0.6) is 0 Å². The molecule has 0 radical (unpaired) electrons. The number of hydrogen-bond acceptors (Lipinski definition) is 1. The van der Waals surface area contributed by atoms with Gasteiger partial charge in [-0.05, 0) is 22.3 Å². The summed E-state index contributed by atoms with van der Waals surface area (Å²) in [5.74, 6) is 1.06. The molecule has 0 bridgehead atoms. The Morgan fingerprint density at radius 3 is 1.37 bits per heavy atom. The molecule has 3 heteroatoms. The van der Waals surface area contributed by atoms with Crippen molar-refractivity contribution in [2.24, 2.45) is 15.7 Å². The third kappa shape index (κ3) is 4.36. The molecule has 2 N–H and O–H groups in total. The standard InChI is InChI=1S/C27H23N3/c1-29-27(25-18-14-23(15-19-25)21-10-6-3-7-11-21)30-26(28)24-16-12-22(13-17-24)20-8-4-2-5-9-20/h2-19H,1H3,(H2,28,29,30). The van der Waals surface area contributed by atoms with Gasteiger partial charge in [0.15, 0.2) is 5.84 Å². The minimum absolute atomic E-state index is 0.447. The maximum absolute atomic E-state index is 6.29. The first kappa shape index (κ1) is 19.3. The van der Waals surface area contributed by atoms with Crippen LogP contribution in [0, 0.1) is 0 Å². The molecule has 0 fully saturated rings. The fourth-order valence-electron chi connectivity index (χ4n) is 3.33. The van der Waals surface area contributed by atoms with Crippen molar-refractivity contribution in [3.8, 4) is 22.3 Å². The molecule has 4 rings (SSSR count). The van der Waals surface area contributed by atoms with Crippen molar-refractivity contribution in [2.45, 2.75) is 0 Å². The van der Waals surface area contributed by atoms with E-state index in [9.17, 15) is 0 Å². The van der Waals surface area contributed by atoms with Gasteiger partial charge in [0.05, 0.1) is 0 Å². The van der Waals surface area contributed by atoms with Crippen molar-refractivity contribution in [1.29, 1.82) is 0 Å². The molecule has 0 saturated heterocycles. The molecule has 0 spiro atoms. The highest BCUT2D eigenvalue weighted by molar-refractivity contribution is 6.11. The van der Waals surface area contributed by atoms with Gasteiger partial charge in [0.1, 0.15) is 5.84 Å². The summed E-state index contributed by atoms with van der Waals surface area (Å²) in [6.45, 7) is 0. The van der Waals surface area contributed by atoms with Gasteiger partial charge in [-0.3, -0.25) is 4.99 Å². The summed E-state index contributed by atoms with van der Waals surface area (Å²) in [7, 11) is 1.73. The first-order valence-electron chi connectivity index (χ1n) is 9.87. The fraction of sp³-hybridized carbons (Fsp3) is 0.0370. The summed E-state index contributed by atoms with van der Waals surface area (Å²) in [6, 6.07) is 36.9. The second kappa shape index (κ2) is 9.01. The van der Waals surface area contributed by atoms with Gasteiger partial charge in [-0.1, -0.05) is 109 Å². The van der Waals surface area contributed by atoms with E-state index >= 15 is 0 Å². The third-order valence-corrected chi connectivity index (χ3v) is 4.98. The Morgan fingerprint density at radius 1 is 0.533 bits per heavy atom. The second-order valence-corrected chi connectivity index (χ2v) is 6.93. The quantitative estimate of drug-likeness (QED) is 0.348. The largest absolute Gasteiger partial charge is 0.383 e. The molecule has 0 aliphatic carbocycles. The van der Waals surface area contributed by atoms with Crippen LogP contribution < -0.4 is 5.73 Å². The van der Waals surface area contributed by atoms with Crippen molar-refractivity contribution < 1.29 is 0 Å². The van der Waals surface area contributed by atoms with Crippen LogP contribution in [0.4, 0.5) is 0 Å². The molecule has 30 heavy (non-hydrogen) atoms. The van der Waals surface area contributed by atoms with E-state index in [1.807, 2.05) is 60.7 Å². The van der Waals surface area contributed by atoms with E-state index in [1.165, 1.54) is 11.1 Å². The number of amidine groups is 2. The van der Waals surface area contributed by atoms with Crippen LogP contribution in [0.15, 0.2) is 119 Å². The van der Waals surface area contributed by atoms with Crippen molar-refractivity contribution in [3.63, 3.8) is 0 Å². The third-order valence-electron chi connectivity index (χ3n) is 4.98. The number of aliphatic imine (C=N–C) groups is 2. The maximum Gasteiger partial charge on any atom is 0.156 e. The Hall–Kier alpha value is -3.98. The van der Waals surface area contributed by atoms with Crippen molar-refractivity contribution in [3.05, 3.63) is 120 Å². The Kier molecular flexibility index (Phi) is 5.81. The maximum atomic E-state index is 6.29. The minimum atomic E-state index is 0.447. The molecule has 0 atom stereocenters.